The van der Waals surface area contributed by atoms with Crippen LogP contribution in [-0.2, 0) is 4.79 Å². The third-order valence-corrected chi connectivity index (χ3v) is 3.89. The fourth-order valence-corrected chi connectivity index (χ4v) is 2.85. The molecule has 0 spiro atoms. The molecule has 2 aliphatic rings. The molecule has 1 aliphatic heterocycles. The van der Waals surface area contributed by atoms with Crippen LogP contribution >= 0.6 is 0 Å². The van der Waals surface area contributed by atoms with Crippen molar-refractivity contribution in [2.75, 3.05) is 26.2 Å². The number of amides is 1. The van der Waals surface area contributed by atoms with Crippen molar-refractivity contribution in [3.8, 4) is 0 Å². The van der Waals surface area contributed by atoms with Crippen molar-refractivity contribution in [1.29, 1.82) is 0 Å². The van der Waals surface area contributed by atoms with Crippen molar-refractivity contribution in [1.82, 2.24) is 15.5 Å². The molecule has 0 aromatic carbocycles. The Labute approximate surface area is 104 Å². The van der Waals surface area contributed by atoms with Gasteiger partial charge >= 0.3 is 0 Å². The molecule has 4 heteroatoms. The minimum absolute atomic E-state index is 0.0174. The van der Waals surface area contributed by atoms with Crippen LogP contribution in [0.5, 0.6) is 0 Å². The minimum atomic E-state index is -0.0174. The van der Waals surface area contributed by atoms with E-state index in [1.165, 1.54) is 32.1 Å². The third-order valence-electron chi connectivity index (χ3n) is 3.89. The molecule has 1 saturated heterocycles. The predicted molar refractivity (Wildman–Crippen MR) is 68.9 cm³/mol. The molecule has 4 nitrogen and oxygen atoms in total. The number of nitrogens with one attached hydrogen (secondary N) is 2. The smallest absolute Gasteiger partial charge is 0.239 e. The molecule has 98 valence electrons. The van der Waals surface area contributed by atoms with Crippen LogP contribution in [0.25, 0.3) is 0 Å². The van der Waals surface area contributed by atoms with E-state index in [2.05, 4.69) is 10.6 Å². The van der Waals surface area contributed by atoms with Crippen LogP contribution in [-0.4, -0.2) is 49.1 Å². The van der Waals surface area contributed by atoms with E-state index in [-0.39, 0.29) is 11.9 Å². The molecule has 0 bridgehead atoms. The zero-order valence-corrected chi connectivity index (χ0v) is 10.9. The van der Waals surface area contributed by atoms with Crippen LogP contribution in [0.15, 0.2) is 0 Å². The van der Waals surface area contributed by atoms with Gasteiger partial charge in [-0.3, -0.25) is 4.79 Å². The van der Waals surface area contributed by atoms with Gasteiger partial charge in [-0.15, -0.1) is 0 Å². The molecule has 1 aliphatic carbocycles. The summed E-state index contributed by atoms with van der Waals surface area (Å²) in [6, 6.07) is 0.543. The second-order valence-electron chi connectivity index (χ2n) is 5.30. The van der Waals surface area contributed by atoms with Gasteiger partial charge in [0.25, 0.3) is 0 Å². The van der Waals surface area contributed by atoms with E-state index in [9.17, 15) is 4.79 Å². The summed E-state index contributed by atoms with van der Waals surface area (Å²) in [5, 5.41) is 6.78. The van der Waals surface area contributed by atoms with E-state index in [1.54, 1.807) is 0 Å². The quantitative estimate of drug-likeness (QED) is 0.763. The number of hydrogen-bond acceptors (Lipinski definition) is 3. The van der Waals surface area contributed by atoms with E-state index < -0.39 is 0 Å². The summed E-state index contributed by atoms with van der Waals surface area (Å²) in [7, 11) is 0. The summed E-state index contributed by atoms with van der Waals surface area (Å²) >= 11 is 0. The van der Waals surface area contributed by atoms with Crippen LogP contribution in [0.2, 0.25) is 0 Å². The van der Waals surface area contributed by atoms with Gasteiger partial charge in [-0.25, -0.2) is 0 Å². The first-order valence-electron chi connectivity index (χ1n) is 7.03. The number of hydrogen-bond donors (Lipinski definition) is 2. The molecule has 1 heterocycles. The monoisotopic (exact) mass is 239 g/mol. The van der Waals surface area contributed by atoms with E-state index in [4.69, 9.17) is 0 Å². The fourth-order valence-electron chi connectivity index (χ4n) is 2.85. The van der Waals surface area contributed by atoms with Gasteiger partial charge in [-0.1, -0.05) is 19.3 Å². The maximum atomic E-state index is 12.2. The van der Waals surface area contributed by atoms with Gasteiger partial charge in [0.1, 0.15) is 0 Å². The number of nitrogens with zero attached hydrogens (tertiary/aromatic N) is 1. The Hall–Kier alpha value is -0.610. The van der Waals surface area contributed by atoms with E-state index >= 15 is 0 Å². The Balaban J connectivity index is 1.77. The maximum Gasteiger partial charge on any atom is 0.239 e. The summed E-state index contributed by atoms with van der Waals surface area (Å²) in [4.78, 5) is 14.2. The van der Waals surface area contributed by atoms with Gasteiger partial charge in [0, 0.05) is 32.2 Å². The van der Waals surface area contributed by atoms with Gasteiger partial charge in [0.15, 0.2) is 0 Å². The molecule has 17 heavy (non-hydrogen) atoms. The van der Waals surface area contributed by atoms with Crippen molar-refractivity contribution in [3.05, 3.63) is 0 Å². The predicted octanol–water partition coefficient (Wildman–Crippen LogP) is 0.729. The number of rotatable bonds is 3. The molecule has 0 radical (unpaired) electrons. The first-order chi connectivity index (χ1) is 8.27. The van der Waals surface area contributed by atoms with Crippen LogP contribution in [0.3, 0.4) is 0 Å². The van der Waals surface area contributed by atoms with Crippen LogP contribution in [0.4, 0.5) is 0 Å². The average Bonchev–Trinajstić information content (AvgIpc) is 2.40. The van der Waals surface area contributed by atoms with Crippen LogP contribution in [0, 0.1) is 0 Å². The van der Waals surface area contributed by atoms with Gasteiger partial charge in [-0.2, -0.15) is 0 Å². The normalized spacial score (nSPS) is 24.6. The Morgan fingerprint density at radius 2 is 1.88 bits per heavy atom. The summed E-state index contributed by atoms with van der Waals surface area (Å²) in [6.07, 6.45) is 6.45. The molecule has 1 atom stereocenters. The van der Waals surface area contributed by atoms with Crippen molar-refractivity contribution < 1.29 is 4.79 Å². The van der Waals surface area contributed by atoms with Gasteiger partial charge in [-0.05, 0) is 19.8 Å². The van der Waals surface area contributed by atoms with Crippen molar-refractivity contribution >= 4 is 5.91 Å². The maximum absolute atomic E-state index is 12.2. The fraction of sp³-hybridized carbons (Fsp3) is 0.923. The third kappa shape index (κ3) is 3.68. The summed E-state index contributed by atoms with van der Waals surface area (Å²) in [5.41, 5.74) is 0. The lowest BCUT2D eigenvalue weighted by Gasteiger charge is -2.32. The second-order valence-corrected chi connectivity index (χ2v) is 5.30. The van der Waals surface area contributed by atoms with Gasteiger partial charge < -0.3 is 15.5 Å². The molecule has 2 rings (SSSR count). The number of carbonyl (C=O) groups is 1. The molecule has 0 aromatic heterocycles. The van der Waals surface area contributed by atoms with E-state index in [0.29, 0.717) is 6.04 Å². The van der Waals surface area contributed by atoms with Crippen molar-refractivity contribution in [3.63, 3.8) is 0 Å². The van der Waals surface area contributed by atoms with Gasteiger partial charge in [0.2, 0.25) is 5.91 Å². The Morgan fingerprint density at radius 3 is 2.53 bits per heavy atom. The summed E-state index contributed by atoms with van der Waals surface area (Å²) < 4.78 is 0. The highest BCUT2D eigenvalue weighted by molar-refractivity contribution is 5.81. The largest absolute Gasteiger partial charge is 0.339 e. The second kappa shape index (κ2) is 6.36. The lowest BCUT2D eigenvalue weighted by molar-refractivity contribution is -0.133. The van der Waals surface area contributed by atoms with E-state index in [1.807, 2.05) is 11.8 Å². The Morgan fingerprint density at radius 1 is 1.24 bits per heavy atom. The molecular formula is C13H25N3O. The van der Waals surface area contributed by atoms with Crippen molar-refractivity contribution in [2.24, 2.45) is 0 Å². The van der Waals surface area contributed by atoms with Crippen molar-refractivity contribution in [2.45, 2.75) is 51.1 Å². The van der Waals surface area contributed by atoms with Crippen LogP contribution in [0.1, 0.15) is 39.0 Å². The zero-order chi connectivity index (χ0) is 12.1. The lowest BCUT2D eigenvalue weighted by Crippen LogP contribution is -2.53. The molecule has 1 amide bonds. The summed E-state index contributed by atoms with van der Waals surface area (Å²) in [5.74, 6) is 0.275. The summed E-state index contributed by atoms with van der Waals surface area (Å²) in [6.45, 7) is 5.59. The Kier molecular flexibility index (Phi) is 4.80. The number of carbonyl (C=O) groups excluding carboxylic acids is 1. The highest BCUT2D eigenvalue weighted by Gasteiger charge is 2.24. The van der Waals surface area contributed by atoms with Gasteiger partial charge in [0.05, 0.1) is 6.04 Å². The molecule has 2 N–H and O–H groups in total. The van der Waals surface area contributed by atoms with E-state index in [0.717, 1.165) is 26.2 Å². The SMILES string of the molecule is CC(NC1CCCCC1)C(=O)N1CCNCC1. The molecule has 1 saturated carbocycles. The zero-order valence-electron chi connectivity index (χ0n) is 10.9. The Bertz CT molecular complexity index is 245. The number of piperazine rings is 1. The standard InChI is InChI=1S/C13H25N3O/c1-11(15-12-5-3-2-4-6-12)13(17)16-9-7-14-8-10-16/h11-12,14-15H,2-10H2,1H3. The highest BCUT2D eigenvalue weighted by Crippen LogP contribution is 2.18. The first kappa shape index (κ1) is 12.8. The molecule has 0 aromatic rings. The molecule has 1 unspecified atom stereocenters. The van der Waals surface area contributed by atoms with Crippen LogP contribution < -0.4 is 10.6 Å². The average molecular weight is 239 g/mol. The molecular weight excluding hydrogens is 214 g/mol. The highest BCUT2D eigenvalue weighted by atomic mass is 16.2. The first-order valence-corrected chi connectivity index (χ1v) is 7.03. The molecule has 2 fully saturated rings. The minimum Gasteiger partial charge on any atom is -0.339 e. The topological polar surface area (TPSA) is 44.4 Å². The lowest BCUT2D eigenvalue weighted by atomic mass is 9.95.